The van der Waals surface area contributed by atoms with Crippen LogP contribution in [0.3, 0.4) is 0 Å². The molecule has 6 heteroatoms. The van der Waals surface area contributed by atoms with Crippen molar-refractivity contribution in [2.24, 2.45) is 0 Å². The third-order valence-corrected chi connectivity index (χ3v) is 4.55. The molecular formula is C17H21N2O4+. The fraction of sp³-hybridized carbons (Fsp3) is 0.412. The molecule has 122 valence electrons. The Morgan fingerprint density at radius 2 is 1.78 bits per heavy atom. The highest BCUT2D eigenvalue weighted by atomic mass is 16.5. The normalized spacial score (nSPS) is 22.7. The first-order valence-corrected chi connectivity index (χ1v) is 7.77. The van der Waals surface area contributed by atoms with Crippen LogP contribution in [0, 0.1) is 0 Å². The van der Waals surface area contributed by atoms with Crippen LogP contribution in [0.2, 0.25) is 0 Å². The second-order valence-corrected chi connectivity index (χ2v) is 5.77. The number of quaternary nitrogens is 1. The second kappa shape index (κ2) is 6.42. The van der Waals surface area contributed by atoms with E-state index in [4.69, 9.17) is 9.47 Å². The van der Waals surface area contributed by atoms with Crippen molar-refractivity contribution in [2.45, 2.75) is 18.9 Å². The van der Waals surface area contributed by atoms with Gasteiger partial charge in [-0.2, -0.15) is 0 Å². The number of para-hydroxylation sites is 1. The topological polar surface area (TPSA) is 60.3 Å². The Labute approximate surface area is 135 Å². The molecule has 0 bridgehead atoms. The van der Waals surface area contributed by atoms with Gasteiger partial charge in [0.1, 0.15) is 6.04 Å². The van der Waals surface area contributed by atoms with E-state index in [2.05, 4.69) is 0 Å². The molecule has 3 rings (SSSR count). The Morgan fingerprint density at radius 1 is 1.13 bits per heavy atom. The second-order valence-electron chi connectivity index (χ2n) is 5.77. The van der Waals surface area contributed by atoms with Crippen molar-refractivity contribution in [1.29, 1.82) is 0 Å². The number of fused-ring (bicyclic) bond motifs is 1. The van der Waals surface area contributed by atoms with E-state index >= 15 is 0 Å². The van der Waals surface area contributed by atoms with Crippen LogP contribution in [0.25, 0.3) is 0 Å². The number of hydrogen-bond donors (Lipinski definition) is 1. The number of anilines is 1. The number of benzene rings is 1. The van der Waals surface area contributed by atoms with Gasteiger partial charge in [-0.3, -0.25) is 9.80 Å². The zero-order chi connectivity index (χ0) is 16.4. The molecule has 2 atom stereocenters. The van der Waals surface area contributed by atoms with Crippen molar-refractivity contribution in [3.8, 4) is 0 Å². The van der Waals surface area contributed by atoms with E-state index < -0.39 is 11.9 Å². The van der Waals surface area contributed by atoms with E-state index in [9.17, 15) is 9.59 Å². The molecule has 0 spiro atoms. The maximum Gasteiger partial charge on any atom is 0.353 e. The van der Waals surface area contributed by atoms with Crippen LogP contribution in [0.1, 0.15) is 12.8 Å². The highest BCUT2D eigenvalue weighted by Gasteiger charge is 2.48. The zero-order valence-electron chi connectivity index (χ0n) is 13.4. The van der Waals surface area contributed by atoms with Gasteiger partial charge in [0.25, 0.3) is 0 Å². The van der Waals surface area contributed by atoms with Crippen LogP contribution in [0.4, 0.5) is 5.69 Å². The Kier molecular flexibility index (Phi) is 4.34. The maximum absolute atomic E-state index is 12.2. The number of carbonyl (C=O) groups is 2. The monoisotopic (exact) mass is 317 g/mol. The molecule has 0 amide bonds. The number of nitrogens with one attached hydrogen (secondary N) is 1. The summed E-state index contributed by atoms with van der Waals surface area (Å²) >= 11 is 0. The highest BCUT2D eigenvalue weighted by molar-refractivity contribution is 6.14. The number of hydrogen-bond acceptors (Lipinski definition) is 5. The largest absolute Gasteiger partial charge is 0.465 e. The molecule has 0 saturated carbocycles. The quantitative estimate of drug-likeness (QED) is 0.371. The van der Waals surface area contributed by atoms with Gasteiger partial charge in [0.15, 0.2) is 0 Å². The highest BCUT2D eigenvalue weighted by Crippen LogP contribution is 2.26. The van der Waals surface area contributed by atoms with Gasteiger partial charge >= 0.3 is 11.9 Å². The van der Waals surface area contributed by atoms with Crippen LogP contribution in [-0.4, -0.2) is 45.3 Å². The lowest BCUT2D eigenvalue weighted by atomic mass is 10.2. The predicted molar refractivity (Wildman–Crippen MR) is 83.7 cm³/mol. The minimum atomic E-state index is -0.646. The Hall–Kier alpha value is -2.34. The summed E-state index contributed by atoms with van der Waals surface area (Å²) in [5.74, 6) is -0.613. The molecule has 6 nitrogen and oxygen atoms in total. The van der Waals surface area contributed by atoms with Crippen molar-refractivity contribution >= 4 is 17.6 Å². The summed E-state index contributed by atoms with van der Waals surface area (Å²) in [7, 11) is 2.56. The number of ether oxygens (including phenoxy) is 2. The third kappa shape index (κ3) is 2.70. The minimum absolute atomic E-state index is 0.00162. The average molecular weight is 317 g/mol. The van der Waals surface area contributed by atoms with E-state index in [0.29, 0.717) is 11.9 Å². The van der Waals surface area contributed by atoms with Crippen LogP contribution < -0.4 is 9.80 Å². The smallest absolute Gasteiger partial charge is 0.353 e. The lowest BCUT2D eigenvalue weighted by molar-refractivity contribution is -0.861. The van der Waals surface area contributed by atoms with Crippen molar-refractivity contribution in [3.63, 3.8) is 0 Å². The zero-order valence-corrected chi connectivity index (χ0v) is 13.4. The predicted octanol–water partition coefficient (Wildman–Crippen LogP) is 0.112. The fourth-order valence-electron chi connectivity index (χ4n) is 3.53. The number of nitrogens with zero attached hydrogens (tertiary/aromatic N) is 1. The van der Waals surface area contributed by atoms with E-state index in [0.717, 1.165) is 31.6 Å². The number of carbonyl (C=O) groups excluding carboxylic acids is 2. The van der Waals surface area contributed by atoms with Gasteiger partial charge in [0.2, 0.25) is 11.4 Å². The molecule has 2 heterocycles. The van der Waals surface area contributed by atoms with E-state index in [1.54, 1.807) is 0 Å². The summed E-state index contributed by atoms with van der Waals surface area (Å²) < 4.78 is 9.69. The molecule has 2 aliphatic rings. The van der Waals surface area contributed by atoms with Gasteiger partial charge in [-0.1, -0.05) is 18.2 Å². The number of rotatable bonds is 3. The van der Waals surface area contributed by atoms with E-state index in [1.165, 1.54) is 19.1 Å². The molecule has 1 aromatic rings. The first-order valence-electron chi connectivity index (χ1n) is 7.77. The van der Waals surface area contributed by atoms with E-state index in [1.807, 2.05) is 35.2 Å². The lowest BCUT2D eigenvalue weighted by Crippen LogP contribution is -3.10. The summed E-state index contributed by atoms with van der Waals surface area (Å²) in [6.45, 7) is 1.69. The molecule has 23 heavy (non-hydrogen) atoms. The molecular weight excluding hydrogens is 296 g/mol. The Bertz CT molecular complexity index is 623. The van der Waals surface area contributed by atoms with Crippen LogP contribution in [-0.2, 0) is 19.1 Å². The van der Waals surface area contributed by atoms with Crippen molar-refractivity contribution in [2.75, 3.05) is 32.2 Å². The first kappa shape index (κ1) is 15.6. The van der Waals surface area contributed by atoms with Gasteiger partial charge in [-0.05, 0) is 12.1 Å². The number of esters is 2. The standard InChI is InChI=1S/C17H20N2O4/c1-22-16(20)14(17(21)23-2)15-18-10-6-9-13(18)11-19(15)12-7-4-3-5-8-12/h3-5,7-8,13H,6,9-11H2,1-2H3/p+1/t13-/m0/s1. The molecule has 1 unspecified atom stereocenters. The number of methoxy groups -OCH3 is 2. The molecule has 1 aromatic carbocycles. The fourth-order valence-corrected chi connectivity index (χ4v) is 3.53. The summed E-state index contributed by atoms with van der Waals surface area (Å²) in [4.78, 5) is 27.7. The average Bonchev–Trinajstić information content (AvgIpc) is 3.17. The summed E-state index contributed by atoms with van der Waals surface area (Å²) in [5, 5.41) is 0. The van der Waals surface area contributed by atoms with Crippen LogP contribution in [0.5, 0.6) is 0 Å². The maximum atomic E-state index is 12.2. The van der Waals surface area contributed by atoms with Crippen LogP contribution >= 0.6 is 0 Å². The van der Waals surface area contributed by atoms with Crippen molar-refractivity contribution in [3.05, 3.63) is 41.7 Å². The third-order valence-electron chi connectivity index (χ3n) is 4.55. The molecule has 2 aliphatic heterocycles. The molecule has 2 fully saturated rings. The summed E-state index contributed by atoms with van der Waals surface area (Å²) in [6.07, 6.45) is 2.17. The first-order chi connectivity index (χ1) is 11.2. The van der Waals surface area contributed by atoms with E-state index in [-0.39, 0.29) is 5.57 Å². The summed E-state index contributed by atoms with van der Waals surface area (Å²) in [6, 6.07) is 10.2. The van der Waals surface area contributed by atoms with Crippen molar-refractivity contribution < 1.29 is 24.0 Å². The molecule has 0 aromatic heterocycles. The Balaban J connectivity index is 2.14. The molecule has 1 N–H and O–H groups in total. The summed E-state index contributed by atoms with van der Waals surface area (Å²) in [5.41, 5.74) is 0.966. The van der Waals surface area contributed by atoms with Gasteiger partial charge in [-0.25, -0.2) is 9.59 Å². The van der Waals surface area contributed by atoms with Crippen LogP contribution in [0.15, 0.2) is 41.7 Å². The van der Waals surface area contributed by atoms with Gasteiger partial charge in [0, 0.05) is 18.5 Å². The minimum Gasteiger partial charge on any atom is -0.465 e. The molecule has 0 aliphatic carbocycles. The SMILES string of the molecule is COC(=O)C(C(=O)OC)=C1N(c2ccccc2)C[C@@H]2CCC[NH+]12. The van der Waals surface area contributed by atoms with Gasteiger partial charge < -0.3 is 9.47 Å². The lowest BCUT2D eigenvalue weighted by Gasteiger charge is -2.21. The van der Waals surface area contributed by atoms with Gasteiger partial charge in [-0.15, -0.1) is 0 Å². The molecule has 0 radical (unpaired) electrons. The Morgan fingerprint density at radius 3 is 2.39 bits per heavy atom. The van der Waals surface area contributed by atoms with Crippen molar-refractivity contribution in [1.82, 2.24) is 0 Å². The van der Waals surface area contributed by atoms with Gasteiger partial charge in [0.05, 0.1) is 27.3 Å². The molecule has 2 saturated heterocycles.